The fourth-order valence-electron chi connectivity index (χ4n) is 4.76. The van der Waals surface area contributed by atoms with Gasteiger partial charge in [-0.3, -0.25) is 14.6 Å². The highest BCUT2D eigenvalue weighted by atomic mass is 32.1. The van der Waals surface area contributed by atoms with Crippen LogP contribution in [0.15, 0.2) is 78.6 Å². The molecule has 3 N–H and O–H groups in total. The summed E-state index contributed by atoms with van der Waals surface area (Å²) in [4.78, 5) is 38.2. The van der Waals surface area contributed by atoms with E-state index < -0.39 is 0 Å². The number of aromatic nitrogens is 3. The highest BCUT2D eigenvalue weighted by Crippen LogP contribution is 2.30. The van der Waals surface area contributed by atoms with E-state index in [0.717, 1.165) is 29.5 Å². The number of hydrogen-bond donors (Lipinski definition) is 3. The number of thiazole rings is 1. The summed E-state index contributed by atoms with van der Waals surface area (Å²) < 4.78 is 5.24. The fraction of sp³-hybridized carbons (Fsp3) is 0.226. The molecule has 8 nitrogen and oxygen atoms in total. The van der Waals surface area contributed by atoms with Crippen LogP contribution in [0.25, 0.3) is 22.0 Å². The minimum atomic E-state index is -0.335. The number of fused-ring (bicyclic) bond motifs is 1. The van der Waals surface area contributed by atoms with Crippen LogP contribution in [0.1, 0.15) is 64.0 Å². The second-order valence-corrected chi connectivity index (χ2v) is 10.4. The SMILES string of the molecule is COc1cccc(O)c1C(=O)CCCCC[C@H](NC(=O)c1cncs1)c1ncc(-c2ccc3ccccc3c2)[nH]1. The number of hydrogen-bond acceptors (Lipinski definition) is 7. The van der Waals surface area contributed by atoms with Gasteiger partial charge >= 0.3 is 0 Å². The van der Waals surface area contributed by atoms with E-state index in [0.29, 0.717) is 35.7 Å². The Morgan fingerprint density at radius 3 is 2.67 bits per heavy atom. The number of nitrogens with one attached hydrogen (secondary N) is 2. The number of aromatic amines is 1. The van der Waals surface area contributed by atoms with Crippen molar-refractivity contribution >= 4 is 33.8 Å². The standard InChI is InChI=1S/C31H30N4O4S/c1-39-27-13-7-12-26(37)29(27)25(36)11-4-2-3-10-23(35-31(38)28-18-32-19-40-28)30-33-17-24(34-30)22-15-14-20-8-5-6-9-21(20)16-22/h5-9,12-19,23,37H,2-4,10-11H2,1H3,(H,33,34)(H,35,38)/t23-/m0/s1. The first kappa shape index (κ1) is 27.1. The maximum absolute atomic E-state index is 12.9. The monoisotopic (exact) mass is 554 g/mol. The van der Waals surface area contributed by atoms with Crippen LogP contribution in [-0.4, -0.2) is 38.9 Å². The van der Waals surface area contributed by atoms with Gasteiger partial charge in [0.25, 0.3) is 5.91 Å². The van der Waals surface area contributed by atoms with E-state index in [2.05, 4.69) is 50.6 Å². The van der Waals surface area contributed by atoms with E-state index in [1.165, 1.54) is 29.9 Å². The van der Waals surface area contributed by atoms with Crippen molar-refractivity contribution in [2.75, 3.05) is 7.11 Å². The second kappa shape index (κ2) is 12.6. The van der Waals surface area contributed by atoms with Crippen LogP contribution in [0.5, 0.6) is 11.5 Å². The van der Waals surface area contributed by atoms with Crippen LogP contribution in [0.4, 0.5) is 0 Å². The Hall–Kier alpha value is -4.50. The maximum atomic E-state index is 12.9. The number of Topliss-reactive ketones (excluding diaryl/α,β-unsaturated/α-hetero) is 1. The number of aromatic hydroxyl groups is 1. The molecule has 0 fully saturated rings. The van der Waals surface area contributed by atoms with Crippen LogP contribution < -0.4 is 10.1 Å². The number of H-pyrrole nitrogens is 1. The van der Waals surface area contributed by atoms with Crippen molar-refractivity contribution in [3.8, 4) is 22.8 Å². The van der Waals surface area contributed by atoms with Gasteiger partial charge in [0.15, 0.2) is 5.78 Å². The normalized spacial score (nSPS) is 11.8. The average molecular weight is 555 g/mol. The molecular weight excluding hydrogens is 524 g/mol. The number of carbonyl (C=O) groups excluding carboxylic acids is 2. The Bertz CT molecular complexity index is 1610. The number of amides is 1. The summed E-state index contributed by atoms with van der Waals surface area (Å²) in [5.41, 5.74) is 3.74. The molecule has 0 saturated heterocycles. The second-order valence-electron chi connectivity index (χ2n) is 9.51. The van der Waals surface area contributed by atoms with Gasteiger partial charge in [0.05, 0.1) is 36.7 Å². The topological polar surface area (TPSA) is 117 Å². The van der Waals surface area contributed by atoms with Gasteiger partial charge in [-0.05, 0) is 41.8 Å². The molecular formula is C31H30N4O4S. The minimum absolute atomic E-state index is 0.0739. The molecule has 1 amide bonds. The van der Waals surface area contributed by atoms with Gasteiger partial charge in [0.1, 0.15) is 27.8 Å². The molecule has 0 aliphatic rings. The fourth-order valence-corrected chi connectivity index (χ4v) is 5.28. The van der Waals surface area contributed by atoms with Crippen LogP contribution in [0.3, 0.4) is 0 Å². The molecule has 1 atom stereocenters. The summed E-state index contributed by atoms with van der Waals surface area (Å²) in [6.07, 6.45) is 6.47. The number of imidazole rings is 1. The Morgan fingerprint density at radius 2 is 1.88 bits per heavy atom. The van der Waals surface area contributed by atoms with Gasteiger partial charge in [0, 0.05) is 12.0 Å². The Morgan fingerprint density at radius 1 is 1.02 bits per heavy atom. The van der Waals surface area contributed by atoms with Crippen molar-refractivity contribution in [3.05, 3.63) is 94.8 Å². The first-order valence-corrected chi connectivity index (χ1v) is 14.0. The number of unbranched alkanes of at least 4 members (excludes halogenated alkanes) is 2. The summed E-state index contributed by atoms with van der Waals surface area (Å²) >= 11 is 1.29. The lowest BCUT2D eigenvalue weighted by Gasteiger charge is -2.16. The highest BCUT2D eigenvalue weighted by molar-refractivity contribution is 7.11. The van der Waals surface area contributed by atoms with Crippen molar-refractivity contribution in [1.29, 1.82) is 0 Å². The molecule has 0 aliphatic carbocycles. The van der Waals surface area contributed by atoms with Crippen LogP contribution >= 0.6 is 11.3 Å². The summed E-state index contributed by atoms with van der Waals surface area (Å²) in [5, 5.41) is 15.5. The largest absolute Gasteiger partial charge is 0.507 e. The summed E-state index contributed by atoms with van der Waals surface area (Å²) in [6, 6.07) is 18.9. The lowest BCUT2D eigenvalue weighted by Crippen LogP contribution is -2.28. The van der Waals surface area contributed by atoms with Gasteiger partial charge in [-0.15, -0.1) is 11.3 Å². The first-order valence-electron chi connectivity index (χ1n) is 13.2. The molecule has 2 heterocycles. The molecule has 5 rings (SSSR count). The molecule has 0 saturated carbocycles. The third-order valence-electron chi connectivity index (χ3n) is 6.85. The van der Waals surface area contributed by atoms with Crippen molar-refractivity contribution in [2.45, 2.75) is 38.1 Å². The predicted octanol–water partition coefficient (Wildman–Crippen LogP) is 6.71. The molecule has 2 aromatic heterocycles. The lowest BCUT2D eigenvalue weighted by atomic mass is 10.0. The number of phenols is 1. The van der Waals surface area contributed by atoms with E-state index in [4.69, 9.17) is 4.74 Å². The molecule has 0 spiro atoms. The molecule has 5 aromatic rings. The van der Waals surface area contributed by atoms with Gasteiger partial charge in [-0.2, -0.15) is 0 Å². The van der Waals surface area contributed by atoms with E-state index in [9.17, 15) is 14.7 Å². The Kier molecular flexibility index (Phi) is 8.51. The third-order valence-corrected chi connectivity index (χ3v) is 7.62. The smallest absolute Gasteiger partial charge is 0.263 e. The number of rotatable bonds is 12. The highest BCUT2D eigenvalue weighted by Gasteiger charge is 2.21. The molecule has 9 heteroatoms. The minimum Gasteiger partial charge on any atom is -0.507 e. The summed E-state index contributed by atoms with van der Waals surface area (Å²) in [7, 11) is 1.48. The number of carbonyl (C=O) groups is 2. The van der Waals surface area contributed by atoms with E-state index in [1.54, 1.807) is 30.0 Å². The molecule has 0 aliphatic heterocycles. The number of methoxy groups -OCH3 is 1. The molecule has 3 aromatic carbocycles. The number of benzene rings is 3. The van der Waals surface area contributed by atoms with E-state index >= 15 is 0 Å². The third kappa shape index (κ3) is 6.21. The zero-order valence-electron chi connectivity index (χ0n) is 22.1. The lowest BCUT2D eigenvalue weighted by molar-refractivity contribution is 0.0935. The van der Waals surface area contributed by atoms with Gasteiger partial charge in [-0.1, -0.05) is 55.3 Å². The van der Waals surface area contributed by atoms with Crippen molar-refractivity contribution in [3.63, 3.8) is 0 Å². The average Bonchev–Trinajstić information content (AvgIpc) is 3.69. The predicted molar refractivity (Wildman–Crippen MR) is 156 cm³/mol. The van der Waals surface area contributed by atoms with Gasteiger partial charge in [0.2, 0.25) is 0 Å². The zero-order valence-corrected chi connectivity index (χ0v) is 22.9. The Labute approximate surface area is 236 Å². The first-order chi connectivity index (χ1) is 19.5. The molecule has 0 radical (unpaired) electrons. The molecule has 204 valence electrons. The maximum Gasteiger partial charge on any atom is 0.263 e. The summed E-state index contributed by atoms with van der Waals surface area (Å²) in [6.45, 7) is 0. The van der Waals surface area contributed by atoms with E-state index in [1.807, 2.05) is 12.1 Å². The molecule has 0 bridgehead atoms. The van der Waals surface area contributed by atoms with Crippen LogP contribution in [-0.2, 0) is 0 Å². The van der Waals surface area contributed by atoms with Crippen molar-refractivity contribution in [1.82, 2.24) is 20.3 Å². The molecule has 40 heavy (non-hydrogen) atoms. The number of ketones is 1. The number of phenolic OH excluding ortho intramolecular Hbond substituents is 1. The quantitative estimate of drug-likeness (QED) is 0.117. The Balaban J connectivity index is 1.25. The van der Waals surface area contributed by atoms with Crippen molar-refractivity contribution in [2.24, 2.45) is 0 Å². The van der Waals surface area contributed by atoms with Crippen LogP contribution in [0.2, 0.25) is 0 Å². The van der Waals surface area contributed by atoms with E-state index in [-0.39, 0.29) is 29.0 Å². The van der Waals surface area contributed by atoms with Crippen molar-refractivity contribution < 1.29 is 19.4 Å². The zero-order chi connectivity index (χ0) is 27.9. The number of ether oxygens (including phenoxy) is 1. The van der Waals surface area contributed by atoms with Gasteiger partial charge < -0.3 is 20.1 Å². The van der Waals surface area contributed by atoms with Gasteiger partial charge in [-0.25, -0.2) is 4.98 Å². The number of nitrogens with zero attached hydrogens (tertiary/aromatic N) is 2. The molecule has 0 unspecified atom stereocenters. The van der Waals surface area contributed by atoms with Crippen LogP contribution in [0, 0.1) is 0 Å². The summed E-state index contributed by atoms with van der Waals surface area (Å²) in [5.74, 6) is 0.621.